The van der Waals surface area contributed by atoms with Crippen molar-refractivity contribution in [2.45, 2.75) is 18.8 Å². The summed E-state index contributed by atoms with van der Waals surface area (Å²) in [4.78, 5) is 31.7. The number of pyridine rings is 1. The van der Waals surface area contributed by atoms with Crippen molar-refractivity contribution in [1.29, 1.82) is 0 Å². The van der Waals surface area contributed by atoms with Crippen LogP contribution in [-0.4, -0.2) is 29.0 Å². The van der Waals surface area contributed by atoms with E-state index in [1.54, 1.807) is 0 Å². The maximum atomic E-state index is 13.6. The highest BCUT2D eigenvalue weighted by Gasteiger charge is 2.33. The lowest BCUT2D eigenvalue weighted by Crippen LogP contribution is -2.15. The average Bonchev–Trinajstić information content (AvgIpc) is 3.27. The standard InChI is InChI=1S/C14H11F2N3O3S/c1-22-13(21)11-9(6-2-3-6)18-14(23-11)19-12(20)10-8(16)4-7(15)5-17-10/h4-6H,2-3H2,1H3,(H,18,19,20). The number of anilines is 1. The summed E-state index contributed by atoms with van der Waals surface area (Å²) < 4.78 is 31.1. The van der Waals surface area contributed by atoms with Crippen LogP contribution in [0.5, 0.6) is 0 Å². The minimum Gasteiger partial charge on any atom is -0.465 e. The van der Waals surface area contributed by atoms with Crippen molar-refractivity contribution >= 4 is 28.3 Å². The van der Waals surface area contributed by atoms with Gasteiger partial charge in [0.15, 0.2) is 16.6 Å². The van der Waals surface area contributed by atoms with E-state index in [0.717, 1.165) is 30.4 Å². The molecule has 1 aliphatic carbocycles. The van der Waals surface area contributed by atoms with Gasteiger partial charge in [0.25, 0.3) is 5.91 Å². The summed E-state index contributed by atoms with van der Waals surface area (Å²) in [6.45, 7) is 0. The third kappa shape index (κ3) is 3.19. The molecule has 0 atom stereocenters. The number of carbonyl (C=O) groups excluding carboxylic acids is 2. The van der Waals surface area contributed by atoms with Gasteiger partial charge in [0, 0.05) is 12.0 Å². The number of hydrogen-bond acceptors (Lipinski definition) is 6. The maximum Gasteiger partial charge on any atom is 0.350 e. The number of hydrogen-bond donors (Lipinski definition) is 1. The number of nitrogens with zero attached hydrogens (tertiary/aromatic N) is 2. The van der Waals surface area contributed by atoms with E-state index < -0.39 is 29.2 Å². The summed E-state index contributed by atoms with van der Waals surface area (Å²) in [6.07, 6.45) is 2.57. The maximum absolute atomic E-state index is 13.6. The molecule has 0 aromatic carbocycles. The Balaban J connectivity index is 1.85. The van der Waals surface area contributed by atoms with Crippen LogP contribution >= 0.6 is 11.3 Å². The van der Waals surface area contributed by atoms with Crippen molar-refractivity contribution in [3.63, 3.8) is 0 Å². The Labute approximate surface area is 133 Å². The van der Waals surface area contributed by atoms with Crippen molar-refractivity contribution < 1.29 is 23.1 Å². The summed E-state index contributed by atoms with van der Waals surface area (Å²) in [5.41, 5.74) is 0.0267. The van der Waals surface area contributed by atoms with Crippen molar-refractivity contribution in [1.82, 2.24) is 9.97 Å². The average molecular weight is 339 g/mol. The second-order valence-corrected chi connectivity index (χ2v) is 5.94. The van der Waals surface area contributed by atoms with Crippen LogP contribution in [0, 0.1) is 11.6 Å². The molecule has 6 nitrogen and oxygen atoms in total. The molecule has 120 valence electrons. The van der Waals surface area contributed by atoms with Crippen LogP contribution in [0.2, 0.25) is 0 Å². The van der Waals surface area contributed by atoms with Crippen LogP contribution in [0.4, 0.5) is 13.9 Å². The first-order chi connectivity index (χ1) is 11.0. The Bertz CT molecular complexity index is 790. The van der Waals surface area contributed by atoms with Gasteiger partial charge in [-0.1, -0.05) is 11.3 Å². The summed E-state index contributed by atoms with van der Waals surface area (Å²) in [5.74, 6) is -3.18. The van der Waals surface area contributed by atoms with Gasteiger partial charge >= 0.3 is 5.97 Å². The number of amides is 1. The quantitative estimate of drug-likeness (QED) is 0.866. The fourth-order valence-electron chi connectivity index (χ4n) is 2.00. The molecule has 23 heavy (non-hydrogen) atoms. The molecule has 0 saturated heterocycles. The van der Waals surface area contributed by atoms with Crippen molar-refractivity contribution in [3.8, 4) is 0 Å². The molecule has 1 amide bonds. The topological polar surface area (TPSA) is 81.2 Å². The predicted molar refractivity (Wildman–Crippen MR) is 77.5 cm³/mol. The predicted octanol–water partition coefficient (Wildman–Crippen LogP) is 2.73. The Morgan fingerprint density at radius 2 is 2.13 bits per heavy atom. The zero-order valence-electron chi connectivity index (χ0n) is 11.9. The van der Waals surface area contributed by atoms with E-state index in [0.29, 0.717) is 16.6 Å². The molecule has 3 rings (SSSR count). The zero-order valence-corrected chi connectivity index (χ0v) is 12.7. The molecule has 0 bridgehead atoms. The van der Waals surface area contributed by atoms with Gasteiger partial charge in [0.2, 0.25) is 0 Å². The summed E-state index contributed by atoms with van der Waals surface area (Å²) in [6, 6.07) is 0.569. The SMILES string of the molecule is COC(=O)c1sc(NC(=O)c2ncc(F)cc2F)nc1C1CC1. The van der Waals surface area contributed by atoms with Crippen LogP contribution in [0.25, 0.3) is 0 Å². The van der Waals surface area contributed by atoms with E-state index in [2.05, 4.69) is 15.3 Å². The van der Waals surface area contributed by atoms with Gasteiger partial charge in [-0.15, -0.1) is 0 Å². The van der Waals surface area contributed by atoms with Gasteiger partial charge in [-0.05, 0) is 12.8 Å². The molecular formula is C14H11F2N3O3S. The van der Waals surface area contributed by atoms with Crippen molar-refractivity contribution in [3.05, 3.63) is 40.2 Å². The lowest BCUT2D eigenvalue weighted by atomic mass is 10.2. The van der Waals surface area contributed by atoms with Crippen LogP contribution < -0.4 is 5.32 Å². The van der Waals surface area contributed by atoms with Gasteiger partial charge in [-0.3, -0.25) is 10.1 Å². The monoisotopic (exact) mass is 339 g/mol. The van der Waals surface area contributed by atoms with Crippen LogP contribution in [0.3, 0.4) is 0 Å². The Morgan fingerprint density at radius 3 is 2.74 bits per heavy atom. The minimum atomic E-state index is -1.07. The van der Waals surface area contributed by atoms with E-state index in [1.165, 1.54) is 7.11 Å². The van der Waals surface area contributed by atoms with E-state index in [1.807, 2.05) is 0 Å². The van der Waals surface area contributed by atoms with Crippen molar-refractivity contribution in [2.24, 2.45) is 0 Å². The fourth-order valence-corrected chi connectivity index (χ4v) is 2.96. The molecule has 1 fully saturated rings. The third-order valence-electron chi connectivity index (χ3n) is 3.23. The second-order valence-electron chi connectivity index (χ2n) is 4.94. The smallest absolute Gasteiger partial charge is 0.350 e. The lowest BCUT2D eigenvalue weighted by molar-refractivity contribution is 0.0604. The molecule has 2 aromatic heterocycles. The van der Waals surface area contributed by atoms with Gasteiger partial charge in [-0.2, -0.15) is 0 Å². The normalized spacial score (nSPS) is 13.7. The van der Waals surface area contributed by atoms with Crippen molar-refractivity contribution in [2.75, 3.05) is 12.4 Å². The molecule has 0 aliphatic heterocycles. The third-order valence-corrected chi connectivity index (χ3v) is 4.20. The first-order valence-corrected chi connectivity index (χ1v) is 7.52. The van der Waals surface area contributed by atoms with Crippen LogP contribution in [0.15, 0.2) is 12.3 Å². The van der Waals surface area contributed by atoms with Crippen LogP contribution in [-0.2, 0) is 4.74 Å². The number of halogens is 2. The number of carbonyl (C=O) groups is 2. The number of thiazole rings is 1. The first-order valence-electron chi connectivity index (χ1n) is 6.71. The molecule has 1 saturated carbocycles. The van der Waals surface area contributed by atoms with E-state index in [-0.39, 0.29) is 11.0 Å². The minimum absolute atomic E-state index is 0.142. The zero-order chi connectivity index (χ0) is 16.6. The Hall–Kier alpha value is -2.42. The highest BCUT2D eigenvalue weighted by atomic mass is 32.1. The molecule has 1 aliphatic rings. The molecule has 0 radical (unpaired) electrons. The van der Waals surface area contributed by atoms with E-state index >= 15 is 0 Å². The fraction of sp³-hybridized carbons (Fsp3) is 0.286. The molecule has 0 spiro atoms. The first kappa shape index (κ1) is 15.5. The number of ether oxygens (including phenoxy) is 1. The van der Waals surface area contributed by atoms with E-state index in [4.69, 9.17) is 4.74 Å². The second kappa shape index (κ2) is 5.99. The largest absolute Gasteiger partial charge is 0.465 e. The molecule has 9 heteroatoms. The molecule has 0 unspecified atom stereocenters. The summed E-state index contributed by atoms with van der Waals surface area (Å²) in [7, 11) is 1.26. The Kier molecular flexibility index (Phi) is 4.03. The van der Waals surface area contributed by atoms with Crippen LogP contribution in [0.1, 0.15) is 44.6 Å². The Morgan fingerprint density at radius 1 is 1.39 bits per heavy atom. The molecule has 2 aromatic rings. The van der Waals surface area contributed by atoms with Gasteiger partial charge in [-0.25, -0.2) is 23.5 Å². The summed E-state index contributed by atoms with van der Waals surface area (Å²) >= 11 is 0.951. The number of nitrogens with one attached hydrogen (secondary N) is 1. The number of rotatable bonds is 4. The molecular weight excluding hydrogens is 328 g/mol. The number of methoxy groups -OCH3 is 1. The molecule has 2 heterocycles. The summed E-state index contributed by atoms with van der Waals surface area (Å²) in [5, 5.41) is 2.52. The van der Waals surface area contributed by atoms with Gasteiger partial charge in [0.05, 0.1) is 19.0 Å². The number of esters is 1. The van der Waals surface area contributed by atoms with Gasteiger partial charge < -0.3 is 4.74 Å². The highest BCUT2D eigenvalue weighted by molar-refractivity contribution is 7.17. The number of aromatic nitrogens is 2. The lowest BCUT2D eigenvalue weighted by Gasteiger charge is -2.01. The van der Waals surface area contributed by atoms with Gasteiger partial charge in [0.1, 0.15) is 10.7 Å². The molecule has 1 N–H and O–H groups in total. The highest BCUT2D eigenvalue weighted by Crippen LogP contribution is 2.43. The van der Waals surface area contributed by atoms with E-state index in [9.17, 15) is 18.4 Å².